The lowest BCUT2D eigenvalue weighted by Crippen LogP contribution is -2.02. The van der Waals surface area contributed by atoms with Gasteiger partial charge in [0.1, 0.15) is 5.75 Å². The van der Waals surface area contributed by atoms with Gasteiger partial charge in [0.25, 0.3) is 0 Å². The zero-order valence-corrected chi connectivity index (χ0v) is 11.8. The van der Waals surface area contributed by atoms with E-state index < -0.39 is 0 Å². The van der Waals surface area contributed by atoms with Gasteiger partial charge >= 0.3 is 0 Å². The highest BCUT2D eigenvalue weighted by molar-refractivity contribution is 6.31. The molecular formula is C15H17ClN2O. The first-order chi connectivity index (χ1) is 9.10. The number of aryl methyl sites for hydroxylation is 1. The van der Waals surface area contributed by atoms with E-state index in [1.807, 2.05) is 43.3 Å². The summed E-state index contributed by atoms with van der Waals surface area (Å²) in [6.07, 6.45) is 0. The Morgan fingerprint density at radius 2 is 2.05 bits per heavy atom. The zero-order chi connectivity index (χ0) is 13.8. The van der Waals surface area contributed by atoms with E-state index in [0.717, 1.165) is 28.3 Å². The largest absolute Gasteiger partial charge is 0.495 e. The maximum absolute atomic E-state index is 6.08. The molecule has 3 nitrogen and oxygen atoms in total. The van der Waals surface area contributed by atoms with Crippen LogP contribution in [0.5, 0.6) is 5.75 Å². The minimum absolute atomic E-state index is 0.683. The number of nitrogens with one attached hydrogen (secondary N) is 1. The van der Waals surface area contributed by atoms with E-state index in [-0.39, 0.29) is 0 Å². The molecule has 0 bridgehead atoms. The van der Waals surface area contributed by atoms with Crippen molar-refractivity contribution < 1.29 is 4.74 Å². The Bertz CT molecular complexity index is 584. The zero-order valence-electron chi connectivity index (χ0n) is 11.0. The van der Waals surface area contributed by atoms with E-state index >= 15 is 0 Å². The van der Waals surface area contributed by atoms with Crippen LogP contribution in [0.2, 0.25) is 5.02 Å². The van der Waals surface area contributed by atoms with Crippen LogP contribution in [0.4, 0.5) is 11.4 Å². The predicted molar refractivity (Wildman–Crippen MR) is 80.9 cm³/mol. The number of anilines is 2. The Hall–Kier alpha value is -1.87. The summed E-state index contributed by atoms with van der Waals surface area (Å²) in [7, 11) is 1.63. The Morgan fingerprint density at radius 3 is 2.74 bits per heavy atom. The van der Waals surface area contributed by atoms with E-state index in [1.54, 1.807) is 7.11 Å². The molecule has 0 atom stereocenters. The van der Waals surface area contributed by atoms with E-state index in [4.69, 9.17) is 22.1 Å². The van der Waals surface area contributed by atoms with Crippen LogP contribution in [-0.2, 0) is 6.54 Å². The molecular weight excluding hydrogens is 260 g/mol. The molecule has 0 aliphatic rings. The number of ether oxygens (including phenoxy) is 1. The highest BCUT2D eigenvalue weighted by atomic mass is 35.5. The lowest BCUT2D eigenvalue weighted by Gasteiger charge is -2.13. The van der Waals surface area contributed by atoms with Crippen LogP contribution in [0.3, 0.4) is 0 Å². The first-order valence-corrected chi connectivity index (χ1v) is 6.40. The number of halogens is 1. The highest BCUT2D eigenvalue weighted by Gasteiger charge is 2.06. The van der Waals surface area contributed by atoms with Crippen LogP contribution >= 0.6 is 11.6 Å². The standard InChI is InChI=1S/C15H17ClN2O/c1-10-6-14(15(19-2)8-13(10)16)18-9-11-4-3-5-12(17)7-11/h3-8,18H,9,17H2,1-2H3. The molecule has 0 fully saturated rings. The molecule has 0 unspecified atom stereocenters. The van der Waals surface area contributed by atoms with Crippen molar-refractivity contribution in [3.05, 3.63) is 52.5 Å². The fourth-order valence-electron chi connectivity index (χ4n) is 1.87. The van der Waals surface area contributed by atoms with Gasteiger partial charge in [-0.2, -0.15) is 0 Å². The normalized spacial score (nSPS) is 10.3. The van der Waals surface area contributed by atoms with Crippen LogP contribution < -0.4 is 15.8 Å². The van der Waals surface area contributed by atoms with Gasteiger partial charge in [0.2, 0.25) is 0 Å². The van der Waals surface area contributed by atoms with Crippen LogP contribution in [0.15, 0.2) is 36.4 Å². The molecule has 2 aromatic rings. The lowest BCUT2D eigenvalue weighted by atomic mass is 10.1. The van der Waals surface area contributed by atoms with Gasteiger partial charge in [0.15, 0.2) is 0 Å². The van der Waals surface area contributed by atoms with Crippen molar-refractivity contribution in [1.29, 1.82) is 0 Å². The average Bonchev–Trinajstić information content (AvgIpc) is 2.39. The Morgan fingerprint density at radius 1 is 1.26 bits per heavy atom. The van der Waals surface area contributed by atoms with Gasteiger partial charge in [0.05, 0.1) is 12.8 Å². The Balaban J connectivity index is 2.17. The molecule has 2 aromatic carbocycles. The number of benzene rings is 2. The maximum Gasteiger partial charge on any atom is 0.143 e. The van der Waals surface area contributed by atoms with E-state index in [2.05, 4.69) is 5.32 Å². The van der Waals surface area contributed by atoms with Crippen molar-refractivity contribution in [3.8, 4) is 5.75 Å². The van der Waals surface area contributed by atoms with Crippen molar-refractivity contribution in [2.45, 2.75) is 13.5 Å². The van der Waals surface area contributed by atoms with Gasteiger partial charge in [-0.05, 0) is 36.2 Å². The Labute approximate surface area is 118 Å². The van der Waals surface area contributed by atoms with Gasteiger partial charge in [-0.15, -0.1) is 0 Å². The van der Waals surface area contributed by atoms with Gasteiger partial charge in [0, 0.05) is 23.3 Å². The van der Waals surface area contributed by atoms with Crippen molar-refractivity contribution >= 4 is 23.0 Å². The topological polar surface area (TPSA) is 47.3 Å². The van der Waals surface area contributed by atoms with Crippen molar-refractivity contribution in [2.75, 3.05) is 18.2 Å². The third-order valence-electron chi connectivity index (χ3n) is 2.91. The summed E-state index contributed by atoms with van der Waals surface area (Å²) in [6, 6.07) is 11.6. The molecule has 2 rings (SSSR count). The molecule has 4 heteroatoms. The second kappa shape index (κ2) is 5.85. The monoisotopic (exact) mass is 276 g/mol. The minimum atomic E-state index is 0.683. The highest BCUT2D eigenvalue weighted by Crippen LogP contribution is 2.31. The van der Waals surface area contributed by atoms with Gasteiger partial charge in [-0.25, -0.2) is 0 Å². The molecule has 0 saturated heterocycles. The molecule has 0 saturated carbocycles. The molecule has 0 spiro atoms. The second-order valence-electron chi connectivity index (χ2n) is 4.40. The summed E-state index contributed by atoms with van der Waals surface area (Å²) in [5.41, 5.74) is 9.57. The predicted octanol–water partition coefficient (Wildman–Crippen LogP) is 3.85. The first kappa shape index (κ1) is 13.6. The van der Waals surface area contributed by atoms with Crippen LogP contribution in [-0.4, -0.2) is 7.11 Å². The summed E-state index contributed by atoms with van der Waals surface area (Å²) in [4.78, 5) is 0. The molecule has 0 radical (unpaired) electrons. The third-order valence-corrected chi connectivity index (χ3v) is 3.32. The summed E-state index contributed by atoms with van der Waals surface area (Å²) in [5, 5.41) is 4.04. The van der Waals surface area contributed by atoms with Crippen molar-refractivity contribution in [3.63, 3.8) is 0 Å². The van der Waals surface area contributed by atoms with E-state index in [9.17, 15) is 0 Å². The molecule has 19 heavy (non-hydrogen) atoms. The van der Waals surface area contributed by atoms with E-state index in [1.165, 1.54) is 0 Å². The summed E-state index contributed by atoms with van der Waals surface area (Å²) in [5.74, 6) is 0.736. The third kappa shape index (κ3) is 3.32. The van der Waals surface area contributed by atoms with Crippen LogP contribution in [0.1, 0.15) is 11.1 Å². The fourth-order valence-corrected chi connectivity index (χ4v) is 2.02. The molecule has 3 N–H and O–H groups in total. The molecule has 0 amide bonds. The summed E-state index contributed by atoms with van der Waals surface area (Å²) >= 11 is 6.08. The summed E-state index contributed by atoms with van der Waals surface area (Å²) < 4.78 is 5.32. The second-order valence-corrected chi connectivity index (χ2v) is 4.81. The van der Waals surface area contributed by atoms with Crippen molar-refractivity contribution in [1.82, 2.24) is 0 Å². The molecule has 0 heterocycles. The molecule has 0 aromatic heterocycles. The number of nitrogens with two attached hydrogens (primary N) is 1. The minimum Gasteiger partial charge on any atom is -0.495 e. The Kier molecular flexibility index (Phi) is 4.17. The van der Waals surface area contributed by atoms with Gasteiger partial charge in [-0.1, -0.05) is 23.7 Å². The molecule has 100 valence electrons. The number of hydrogen-bond donors (Lipinski definition) is 2. The maximum atomic E-state index is 6.08. The lowest BCUT2D eigenvalue weighted by molar-refractivity contribution is 0.416. The summed E-state index contributed by atoms with van der Waals surface area (Å²) in [6.45, 7) is 2.65. The molecule has 0 aliphatic heterocycles. The number of hydrogen-bond acceptors (Lipinski definition) is 3. The smallest absolute Gasteiger partial charge is 0.143 e. The average molecular weight is 277 g/mol. The van der Waals surface area contributed by atoms with E-state index in [0.29, 0.717) is 11.6 Å². The first-order valence-electron chi connectivity index (χ1n) is 6.02. The van der Waals surface area contributed by atoms with Crippen LogP contribution in [0.25, 0.3) is 0 Å². The van der Waals surface area contributed by atoms with Gasteiger partial charge in [-0.3, -0.25) is 0 Å². The quantitative estimate of drug-likeness (QED) is 0.834. The number of methoxy groups -OCH3 is 1. The van der Waals surface area contributed by atoms with Crippen molar-refractivity contribution in [2.24, 2.45) is 0 Å². The number of rotatable bonds is 4. The number of nitrogen functional groups attached to an aromatic ring is 1. The van der Waals surface area contributed by atoms with Gasteiger partial charge < -0.3 is 15.8 Å². The molecule has 0 aliphatic carbocycles. The SMILES string of the molecule is COc1cc(Cl)c(C)cc1NCc1cccc(N)c1. The van der Waals surface area contributed by atoms with Crippen LogP contribution in [0, 0.1) is 6.92 Å². The fraction of sp³-hybridized carbons (Fsp3) is 0.200.